The van der Waals surface area contributed by atoms with Gasteiger partial charge in [0.25, 0.3) is 11.5 Å². The summed E-state index contributed by atoms with van der Waals surface area (Å²) >= 11 is 0. The van der Waals surface area contributed by atoms with Gasteiger partial charge in [-0.1, -0.05) is 36.4 Å². The van der Waals surface area contributed by atoms with Crippen molar-refractivity contribution in [2.45, 2.75) is 13.0 Å². The molecule has 1 aliphatic rings. The van der Waals surface area contributed by atoms with Crippen molar-refractivity contribution in [3.63, 3.8) is 0 Å². The fraction of sp³-hybridized carbons (Fsp3) is 0.182. The number of para-hydroxylation sites is 1. The van der Waals surface area contributed by atoms with Crippen molar-refractivity contribution >= 4 is 23.1 Å². The van der Waals surface area contributed by atoms with Gasteiger partial charge in [0.15, 0.2) is 0 Å². The van der Waals surface area contributed by atoms with Crippen LogP contribution in [0.5, 0.6) is 0 Å². The molecule has 0 bridgehead atoms. The minimum Gasteiger partial charge on any atom is -0.507 e. The third-order valence-electron chi connectivity index (χ3n) is 7.21. The van der Waals surface area contributed by atoms with E-state index >= 15 is 0 Å². The van der Waals surface area contributed by atoms with Gasteiger partial charge in [-0.15, -0.1) is 0 Å². The lowest BCUT2D eigenvalue weighted by molar-refractivity contribution is -0.142. The summed E-state index contributed by atoms with van der Waals surface area (Å²) < 4.78 is 43.2. The van der Waals surface area contributed by atoms with Crippen molar-refractivity contribution < 1.29 is 27.9 Å². The molecule has 7 nitrogen and oxygen atoms in total. The SMILES string of the molecule is O=C(C=C(O)c1cc(Cc2cc(F)cc(F)c2)cn(Cc2ccccc2F)c1=O)C(=O)N1CCN(c2ccccc2)CC1. The van der Waals surface area contributed by atoms with Crippen LogP contribution in [0.15, 0.2) is 95.9 Å². The lowest BCUT2D eigenvalue weighted by atomic mass is 10.0. The quantitative estimate of drug-likeness (QED) is 0.183. The number of pyridine rings is 1. The molecule has 2 heterocycles. The highest BCUT2D eigenvalue weighted by Gasteiger charge is 2.26. The lowest BCUT2D eigenvalue weighted by Gasteiger charge is -2.35. The Bertz CT molecular complexity index is 1730. The van der Waals surface area contributed by atoms with E-state index in [1.165, 1.54) is 35.4 Å². The first-order valence-corrected chi connectivity index (χ1v) is 13.6. The van der Waals surface area contributed by atoms with Gasteiger partial charge in [0.1, 0.15) is 23.2 Å². The summed E-state index contributed by atoms with van der Waals surface area (Å²) in [4.78, 5) is 42.6. The van der Waals surface area contributed by atoms with Crippen molar-refractivity contribution in [2.24, 2.45) is 0 Å². The second kappa shape index (κ2) is 12.8. The minimum atomic E-state index is -1.01. The number of halogens is 3. The molecule has 5 rings (SSSR count). The molecule has 1 amide bonds. The van der Waals surface area contributed by atoms with Gasteiger partial charge in [-0.05, 0) is 53.9 Å². The van der Waals surface area contributed by atoms with Gasteiger partial charge in [-0.25, -0.2) is 13.2 Å². The average molecular weight is 588 g/mol. The van der Waals surface area contributed by atoms with Crippen molar-refractivity contribution in [3.8, 4) is 0 Å². The molecule has 0 saturated carbocycles. The molecule has 10 heteroatoms. The summed E-state index contributed by atoms with van der Waals surface area (Å²) in [6.07, 6.45) is 2.06. The predicted octanol–water partition coefficient (Wildman–Crippen LogP) is 4.72. The van der Waals surface area contributed by atoms with Crippen molar-refractivity contribution in [1.29, 1.82) is 0 Å². The zero-order chi connectivity index (χ0) is 30.5. The zero-order valence-electron chi connectivity index (χ0n) is 23.1. The summed E-state index contributed by atoms with van der Waals surface area (Å²) in [5.74, 6) is -4.71. The molecular weight excluding hydrogens is 559 g/mol. The van der Waals surface area contributed by atoms with E-state index in [0.29, 0.717) is 37.8 Å². The Morgan fingerprint density at radius 3 is 2.14 bits per heavy atom. The smallest absolute Gasteiger partial charge is 0.294 e. The van der Waals surface area contributed by atoms with E-state index in [1.54, 1.807) is 6.07 Å². The monoisotopic (exact) mass is 587 g/mol. The van der Waals surface area contributed by atoms with Crippen LogP contribution < -0.4 is 10.5 Å². The molecule has 1 N–H and O–H groups in total. The molecule has 1 fully saturated rings. The van der Waals surface area contributed by atoms with Gasteiger partial charge < -0.3 is 19.5 Å². The lowest BCUT2D eigenvalue weighted by Crippen LogP contribution is -2.50. The van der Waals surface area contributed by atoms with Crippen LogP contribution >= 0.6 is 0 Å². The number of piperazine rings is 1. The van der Waals surface area contributed by atoms with E-state index in [1.807, 2.05) is 30.3 Å². The predicted molar refractivity (Wildman–Crippen MR) is 156 cm³/mol. The third-order valence-corrected chi connectivity index (χ3v) is 7.21. The van der Waals surface area contributed by atoms with Gasteiger partial charge in [0.05, 0.1) is 12.1 Å². The number of hydrogen-bond acceptors (Lipinski definition) is 5. The minimum absolute atomic E-state index is 0.0366. The number of nitrogens with zero attached hydrogens (tertiary/aromatic N) is 3. The summed E-state index contributed by atoms with van der Waals surface area (Å²) in [6, 6.07) is 19.8. The first-order chi connectivity index (χ1) is 20.7. The summed E-state index contributed by atoms with van der Waals surface area (Å²) in [7, 11) is 0. The van der Waals surface area contributed by atoms with E-state index in [0.717, 1.165) is 28.5 Å². The number of carbonyl (C=O) groups excluding carboxylic acids is 2. The third kappa shape index (κ3) is 7.03. The number of benzene rings is 3. The molecule has 4 aromatic rings. The number of carbonyl (C=O) groups is 2. The van der Waals surface area contributed by atoms with Gasteiger partial charge in [-0.2, -0.15) is 0 Å². The molecule has 0 unspecified atom stereocenters. The van der Waals surface area contributed by atoms with Gasteiger partial charge in [0, 0.05) is 55.8 Å². The molecule has 1 saturated heterocycles. The number of ketones is 1. The maximum Gasteiger partial charge on any atom is 0.294 e. The Hall–Kier alpha value is -5.12. The molecule has 43 heavy (non-hydrogen) atoms. The molecule has 3 aromatic carbocycles. The zero-order valence-corrected chi connectivity index (χ0v) is 23.1. The Balaban J connectivity index is 1.40. The first kappa shape index (κ1) is 29.4. The Morgan fingerprint density at radius 1 is 0.814 bits per heavy atom. The number of amides is 1. The van der Waals surface area contributed by atoms with E-state index in [-0.39, 0.29) is 29.7 Å². The number of aliphatic hydroxyl groups is 1. The van der Waals surface area contributed by atoms with E-state index in [4.69, 9.17) is 0 Å². The van der Waals surface area contributed by atoms with E-state index in [2.05, 4.69) is 4.90 Å². The standard InChI is InChI=1S/C33H28F3N3O4/c34-25-15-22(16-26(35)18-25)14-23-17-28(32(42)39(20-23)21-24-6-4-5-9-29(24)36)30(40)19-31(41)33(43)38-12-10-37(11-13-38)27-7-2-1-3-8-27/h1-9,15-20,40H,10-14,21H2. The molecular formula is C33H28F3N3O4. The summed E-state index contributed by atoms with van der Waals surface area (Å²) in [6.45, 7) is 1.41. The van der Waals surface area contributed by atoms with Crippen LogP contribution in [-0.4, -0.2) is 52.4 Å². The second-order valence-electron chi connectivity index (χ2n) is 10.2. The number of hydrogen-bond donors (Lipinski definition) is 1. The van der Waals surface area contributed by atoms with E-state index < -0.39 is 40.5 Å². The average Bonchev–Trinajstić information content (AvgIpc) is 2.99. The molecule has 1 aliphatic heterocycles. The van der Waals surface area contributed by atoms with Crippen LogP contribution in [-0.2, 0) is 22.6 Å². The molecule has 0 radical (unpaired) electrons. The van der Waals surface area contributed by atoms with Crippen LogP contribution in [0.2, 0.25) is 0 Å². The normalized spacial score (nSPS) is 13.7. The topological polar surface area (TPSA) is 82.8 Å². The van der Waals surface area contributed by atoms with Crippen LogP contribution in [0.25, 0.3) is 5.76 Å². The van der Waals surface area contributed by atoms with E-state index in [9.17, 15) is 32.7 Å². The number of rotatable bonds is 8. The largest absolute Gasteiger partial charge is 0.507 e. The maximum absolute atomic E-state index is 14.4. The van der Waals surface area contributed by atoms with Gasteiger partial charge in [0.2, 0.25) is 5.78 Å². The van der Waals surface area contributed by atoms with Crippen molar-refractivity contribution in [2.75, 3.05) is 31.1 Å². The highest BCUT2D eigenvalue weighted by Crippen LogP contribution is 2.19. The second-order valence-corrected chi connectivity index (χ2v) is 10.2. The summed E-state index contributed by atoms with van der Waals surface area (Å²) in [5, 5.41) is 10.9. The van der Waals surface area contributed by atoms with Crippen molar-refractivity contribution in [1.82, 2.24) is 9.47 Å². The number of aromatic nitrogens is 1. The highest BCUT2D eigenvalue weighted by atomic mass is 19.1. The summed E-state index contributed by atoms with van der Waals surface area (Å²) in [5.41, 5.74) is 0.735. The first-order valence-electron chi connectivity index (χ1n) is 13.6. The Morgan fingerprint density at radius 2 is 1.47 bits per heavy atom. The van der Waals surface area contributed by atoms with Crippen LogP contribution in [0.1, 0.15) is 22.3 Å². The maximum atomic E-state index is 14.4. The fourth-order valence-corrected chi connectivity index (χ4v) is 5.08. The molecule has 0 aliphatic carbocycles. The van der Waals surface area contributed by atoms with Crippen LogP contribution in [0.4, 0.5) is 18.9 Å². The number of anilines is 1. The molecule has 0 spiro atoms. The fourth-order valence-electron chi connectivity index (χ4n) is 5.08. The molecule has 0 atom stereocenters. The van der Waals surface area contributed by atoms with Gasteiger partial charge in [-0.3, -0.25) is 14.4 Å². The Kier molecular flexibility index (Phi) is 8.75. The van der Waals surface area contributed by atoms with Crippen LogP contribution in [0, 0.1) is 17.5 Å². The van der Waals surface area contributed by atoms with Gasteiger partial charge >= 0.3 is 0 Å². The number of aliphatic hydroxyl groups excluding tert-OH is 1. The van der Waals surface area contributed by atoms with Crippen molar-refractivity contribution in [3.05, 3.63) is 141 Å². The Labute approximate surface area is 245 Å². The molecule has 1 aromatic heterocycles. The highest BCUT2D eigenvalue weighted by molar-refractivity contribution is 6.41. The molecule has 220 valence electrons. The van der Waals surface area contributed by atoms with Crippen LogP contribution in [0.3, 0.4) is 0 Å².